The summed E-state index contributed by atoms with van der Waals surface area (Å²) in [6.07, 6.45) is 6.82. The Bertz CT molecular complexity index is 375. The first-order valence-corrected chi connectivity index (χ1v) is 5.85. The lowest BCUT2D eigenvalue weighted by Crippen LogP contribution is -2.42. The average Bonchev–Trinajstić information content (AvgIpc) is 2.76. The molecule has 0 atom stereocenters. The van der Waals surface area contributed by atoms with Crippen LogP contribution in [0.4, 0.5) is 10.5 Å². The van der Waals surface area contributed by atoms with E-state index in [1.54, 1.807) is 24.5 Å². The van der Waals surface area contributed by atoms with Gasteiger partial charge >= 0.3 is 6.03 Å². The average molecular weight is 235 g/mol. The standard InChI is InChI=1S/C12H17N3O2/c16-11(15-10-3-7-13-8-4-10)14-9-12(17)5-1-2-6-12/h3-4,7-8,17H,1-2,5-6,9H2,(H2,13,14,15,16). The van der Waals surface area contributed by atoms with Crippen molar-refractivity contribution in [2.75, 3.05) is 11.9 Å². The van der Waals surface area contributed by atoms with Crippen molar-refractivity contribution in [1.82, 2.24) is 10.3 Å². The maximum absolute atomic E-state index is 11.6. The number of aliphatic hydroxyl groups is 1. The number of amides is 2. The quantitative estimate of drug-likeness (QED) is 0.743. The summed E-state index contributed by atoms with van der Waals surface area (Å²) in [6.45, 7) is 0.309. The maximum Gasteiger partial charge on any atom is 0.319 e. The van der Waals surface area contributed by atoms with Gasteiger partial charge in [-0.15, -0.1) is 0 Å². The lowest BCUT2D eigenvalue weighted by atomic mass is 10.0. The van der Waals surface area contributed by atoms with Gasteiger partial charge in [0.25, 0.3) is 0 Å². The second kappa shape index (κ2) is 5.14. The summed E-state index contributed by atoms with van der Waals surface area (Å²) in [6, 6.07) is 3.13. The van der Waals surface area contributed by atoms with Gasteiger partial charge in [0, 0.05) is 24.6 Å². The third-order valence-electron chi connectivity index (χ3n) is 3.05. The number of hydrogen-bond acceptors (Lipinski definition) is 3. The Kier molecular flexibility index (Phi) is 3.58. The third-order valence-corrected chi connectivity index (χ3v) is 3.05. The monoisotopic (exact) mass is 235 g/mol. The largest absolute Gasteiger partial charge is 0.388 e. The Labute approximate surface area is 100 Å². The third kappa shape index (κ3) is 3.42. The van der Waals surface area contributed by atoms with Crippen molar-refractivity contribution in [3.05, 3.63) is 24.5 Å². The topological polar surface area (TPSA) is 74.2 Å². The number of urea groups is 1. The summed E-state index contributed by atoms with van der Waals surface area (Å²) in [4.78, 5) is 15.4. The summed E-state index contributed by atoms with van der Waals surface area (Å²) in [7, 11) is 0. The molecule has 0 saturated heterocycles. The summed E-state index contributed by atoms with van der Waals surface area (Å²) in [5, 5.41) is 15.4. The number of nitrogens with zero attached hydrogens (tertiary/aromatic N) is 1. The Morgan fingerprint density at radius 1 is 1.35 bits per heavy atom. The molecule has 92 valence electrons. The molecule has 0 radical (unpaired) electrons. The molecule has 1 aromatic heterocycles. The summed E-state index contributed by atoms with van der Waals surface area (Å²) in [5.41, 5.74) is -0.0221. The van der Waals surface area contributed by atoms with Crippen molar-refractivity contribution >= 4 is 11.7 Å². The fourth-order valence-corrected chi connectivity index (χ4v) is 2.07. The van der Waals surface area contributed by atoms with Crippen LogP contribution in [0.25, 0.3) is 0 Å². The van der Waals surface area contributed by atoms with E-state index in [-0.39, 0.29) is 6.03 Å². The van der Waals surface area contributed by atoms with Crippen LogP contribution in [-0.2, 0) is 0 Å². The summed E-state index contributed by atoms with van der Waals surface area (Å²) in [5.74, 6) is 0. The van der Waals surface area contributed by atoms with Crippen LogP contribution in [0.1, 0.15) is 25.7 Å². The van der Waals surface area contributed by atoms with E-state index in [2.05, 4.69) is 15.6 Å². The molecule has 1 saturated carbocycles. The van der Waals surface area contributed by atoms with Gasteiger partial charge in [-0.05, 0) is 25.0 Å². The Morgan fingerprint density at radius 3 is 2.65 bits per heavy atom. The number of hydrogen-bond donors (Lipinski definition) is 3. The van der Waals surface area contributed by atoms with Crippen LogP contribution >= 0.6 is 0 Å². The fourth-order valence-electron chi connectivity index (χ4n) is 2.07. The fraction of sp³-hybridized carbons (Fsp3) is 0.500. The normalized spacial score (nSPS) is 17.7. The van der Waals surface area contributed by atoms with Gasteiger partial charge in [0.05, 0.1) is 5.60 Å². The molecule has 2 amide bonds. The van der Waals surface area contributed by atoms with Crippen LogP contribution in [0.5, 0.6) is 0 Å². The van der Waals surface area contributed by atoms with Crippen molar-refractivity contribution in [3.8, 4) is 0 Å². The number of carbonyl (C=O) groups is 1. The molecule has 0 aliphatic heterocycles. The molecule has 0 unspecified atom stereocenters. The molecule has 0 spiro atoms. The minimum Gasteiger partial charge on any atom is -0.388 e. The van der Waals surface area contributed by atoms with Crippen molar-refractivity contribution < 1.29 is 9.90 Å². The zero-order valence-corrected chi connectivity index (χ0v) is 9.65. The number of carbonyl (C=O) groups excluding carboxylic acids is 1. The van der Waals surface area contributed by atoms with E-state index < -0.39 is 5.60 Å². The van der Waals surface area contributed by atoms with Crippen LogP contribution in [-0.4, -0.2) is 28.3 Å². The molecule has 1 aliphatic rings. The second-order valence-corrected chi connectivity index (χ2v) is 4.48. The van der Waals surface area contributed by atoms with Gasteiger partial charge < -0.3 is 15.7 Å². The highest BCUT2D eigenvalue weighted by Crippen LogP contribution is 2.28. The highest BCUT2D eigenvalue weighted by Gasteiger charge is 2.31. The zero-order valence-electron chi connectivity index (χ0n) is 9.65. The van der Waals surface area contributed by atoms with Gasteiger partial charge in [0.1, 0.15) is 0 Å². The maximum atomic E-state index is 11.6. The van der Waals surface area contributed by atoms with Crippen LogP contribution in [0, 0.1) is 0 Å². The van der Waals surface area contributed by atoms with Crippen LogP contribution < -0.4 is 10.6 Å². The molecule has 1 fully saturated rings. The minimum absolute atomic E-state index is 0.295. The van der Waals surface area contributed by atoms with E-state index in [1.807, 2.05) is 0 Å². The Morgan fingerprint density at radius 2 is 2.00 bits per heavy atom. The van der Waals surface area contributed by atoms with Crippen LogP contribution in [0.3, 0.4) is 0 Å². The molecule has 5 heteroatoms. The molecular formula is C12H17N3O2. The lowest BCUT2D eigenvalue weighted by molar-refractivity contribution is 0.0506. The molecule has 2 rings (SSSR count). The van der Waals surface area contributed by atoms with E-state index in [4.69, 9.17) is 0 Å². The predicted molar refractivity (Wildman–Crippen MR) is 64.7 cm³/mol. The molecular weight excluding hydrogens is 218 g/mol. The van der Waals surface area contributed by atoms with E-state index >= 15 is 0 Å². The Balaban J connectivity index is 1.78. The molecule has 5 nitrogen and oxygen atoms in total. The highest BCUT2D eigenvalue weighted by molar-refractivity contribution is 5.89. The van der Waals surface area contributed by atoms with Crippen LogP contribution in [0.2, 0.25) is 0 Å². The smallest absolute Gasteiger partial charge is 0.319 e. The summed E-state index contributed by atoms with van der Waals surface area (Å²) < 4.78 is 0. The van der Waals surface area contributed by atoms with Crippen molar-refractivity contribution in [3.63, 3.8) is 0 Å². The first-order valence-electron chi connectivity index (χ1n) is 5.85. The number of anilines is 1. The lowest BCUT2D eigenvalue weighted by Gasteiger charge is -2.22. The van der Waals surface area contributed by atoms with Gasteiger partial charge in [-0.3, -0.25) is 4.98 Å². The second-order valence-electron chi connectivity index (χ2n) is 4.48. The predicted octanol–water partition coefficient (Wildman–Crippen LogP) is 1.51. The van der Waals surface area contributed by atoms with Crippen LogP contribution in [0.15, 0.2) is 24.5 Å². The number of pyridine rings is 1. The van der Waals surface area contributed by atoms with Crippen molar-refractivity contribution in [2.24, 2.45) is 0 Å². The molecule has 3 N–H and O–H groups in total. The molecule has 1 aliphatic carbocycles. The van der Waals surface area contributed by atoms with E-state index in [0.29, 0.717) is 12.2 Å². The van der Waals surface area contributed by atoms with Crippen molar-refractivity contribution in [2.45, 2.75) is 31.3 Å². The van der Waals surface area contributed by atoms with Gasteiger partial charge in [-0.25, -0.2) is 4.79 Å². The Hall–Kier alpha value is -1.62. The van der Waals surface area contributed by atoms with Crippen molar-refractivity contribution in [1.29, 1.82) is 0 Å². The molecule has 17 heavy (non-hydrogen) atoms. The van der Waals surface area contributed by atoms with Gasteiger partial charge in [-0.1, -0.05) is 12.8 Å². The minimum atomic E-state index is -0.713. The first-order chi connectivity index (χ1) is 8.18. The number of rotatable bonds is 3. The SMILES string of the molecule is O=C(NCC1(O)CCCC1)Nc1ccncc1. The molecule has 1 heterocycles. The van der Waals surface area contributed by atoms with Gasteiger partial charge in [-0.2, -0.15) is 0 Å². The van der Waals surface area contributed by atoms with E-state index in [0.717, 1.165) is 25.7 Å². The van der Waals surface area contributed by atoms with E-state index in [1.165, 1.54) is 0 Å². The van der Waals surface area contributed by atoms with Gasteiger partial charge in [0.15, 0.2) is 0 Å². The molecule has 0 bridgehead atoms. The van der Waals surface area contributed by atoms with E-state index in [9.17, 15) is 9.90 Å². The number of aromatic nitrogens is 1. The molecule has 0 aromatic carbocycles. The van der Waals surface area contributed by atoms with Gasteiger partial charge in [0.2, 0.25) is 0 Å². The first kappa shape index (κ1) is 11.9. The zero-order chi connectivity index (χ0) is 12.1. The number of nitrogens with one attached hydrogen (secondary N) is 2. The highest BCUT2D eigenvalue weighted by atomic mass is 16.3. The molecule has 1 aromatic rings. The summed E-state index contributed by atoms with van der Waals surface area (Å²) >= 11 is 0.